The topological polar surface area (TPSA) is 73.1 Å². The Morgan fingerprint density at radius 3 is 2.63 bits per heavy atom. The quantitative estimate of drug-likeness (QED) is 0.489. The van der Waals surface area contributed by atoms with Gasteiger partial charge in [-0.05, 0) is 24.0 Å². The maximum atomic E-state index is 12.7. The van der Waals surface area contributed by atoms with Gasteiger partial charge in [-0.2, -0.15) is 4.98 Å². The third-order valence-electron chi connectivity index (χ3n) is 4.46. The van der Waals surface area contributed by atoms with Gasteiger partial charge < -0.3 is 9.64 Å². The van der Waals surface area contributed by atoms with Crippen LogP contribution in [0, 0.1) is 0 Å². The van der Waals surface area contributed by atoms with Gasteiger partial charge in [0.05, 0.1) is 25.3 Å². The summed E-state index contributed by atoms with van der Waals surface area (Å²) >= 11 is 7.36. The zero-order valence-corrected chi connectivity index (χ0v) is 16.3. The predicted octanol–water partition coefficient (Wildman–Crippen LogP) is 2.45. The highest BCUT2D eigenvalue weighted by atomic mass is 35.5. The van der Waals surface area contributed by atoms with Gasteiger partial charge in [0.2, 0.25) is 0 Å². The van der Waals surface area contributed by atoms with Crippen LogP contribution >= 0.6 is 23.4 Å². The highest BCUT2D eigenvalue weighted by Crippen LogP contribution is 2.24. The van der Waals surface area contributed by atoms with E-state index in [-0.39, 0.29) is 5.69 Å². The average Bonchev–Trinajstić information content (AvgIpc) is 2.71. The molecule has 27 heavy (non-hydrogen) atoms. The molecule has 1 saturated heterocycles. The minimum absolute atomic E-state index is 0.303. The van der Waals surface area contributed by atoms with Crippen LogP contribution in [0.4, 0.5) is 5.82 Å². The summed E-state index contributed by atoms with van der Waals surface area (Å²) in [5.74, 6) is 0.744. The van der Waals surface area contributed by atoms with Crippen LogP contribution in [0.3, 0.4) is 0 Å². The Kier molecular flexibility index (Phi) is 5.29. The van der Waals surface area contributed by atoms with Crippen molar-refractivity contribution in [1.29, 1.82) is 0 Å². The number of rotatable bonds is 4. The maximum Gasteiger partial charge on any atom is 0.349 e. The number of anilines is 1. The summed E-state index contributed by atoms with van der Waals surface area (Å²) in [5.41, 5.74) is 2.02. The maximum absolute atomic E-state index is 12.7. The molecule has 0 radical (unpaired) electrons. The van der Waals surface area contributed by atoms with E-state index >= 15 is 0 Å². The Balaban J connectivity index is 1.83. The van der Waals surface area contributed by atoms with Crippen LogP contribution < -0.4 is 10.6 Å². The molecule has 0 saturated carbocycles. The smallest absolute Gasteiger partial charge is 0.349 e. The van der Waals surface area contributed by atoms with Crippen molar-refractivity contribution in [2.45, 2.75) is 11.6 Å². The van der Waals surface area contributed by atoms with Gasteiger partial charge in [-0.25, -0.2) is 4.79 Å². The fourth-order valence-corrected chi connectivity index (χ4v) is 3.68. The van der Waals surface area contributed by atoms with Crippen molar-refractivity contribution in [3.05, 3.63) is 51.4 Å². The fourth-order valence-electron chi connectivity index (χ4n) is 3.05. The summed E-state index contributed by atoms with van der Waals surface area (Å²) in [7, 11) is 0. The Labute approximate surface area is 165 Å². The lowest BCUT2D eigenvalue weighted by Gasteiger charge is -2.27. The molecule has 0 spiro atoms. The molecular weight excluding hydrogens is 386 g/mol. The lowest BCUT2D eigenvalue weighted by atomic mass is 10.2. The minimum Gasteiger partial charge on any atom is -0.378 e. The zero-order chi connectivity index (χ0) is 18.8. The van der Waals surface area contributed by atoms with Gasteiger partial charge in [-0.1, -0.05) is 23.7 Å². The van der Waals surface area contributed by atoms with E-state index in [1.807, 2.05) is 36.6 Å². The molecule has 0 bridgehead atoms. The molecule has 1 aromatic carbocycles. The second kappa shape index (κ2) is 7.84. The fraction of sp³-hybridized carbons (Fsp3) is 0.333. The van der Waals surface area contributed by atoms with Crippen molar-refractivity contribution in [2.75, 3.05) is 37.5 Å². The first-order valence-electron chi connectivity index (χ1n) is 8.55. The minimum atomic E-state index is -0.303. The Morgan fingerprint density at radius 1 is 1.19 bits per heavy atom. The van der Waals surface area contributed by atoms with Crippen LogP contribution in [0.5, 0.6) is 0 Å². The van der Waals surface area contributed by atoms with Crippen molar-refractivity contribution in [3.8, 4) is 0 Å². The number of thioether (sulfide) groups is 1. The summed E-state index contributed by atoms with van der Waals surface area (Å²) in [6, 6.07) is 9.35. The normalized spacial score (nSPS) is 14.7. The van der Waals surface area contributed by atoms with Crippen molar-refractivity contribution < 1.29 is 4.74 Å². The Bertz CT molecular complexity index is 1020. The largest absolute Gasteiger partial charge is 0.378 e. The zero-order valence-electron chi connectivity index (χ0n) is 14.8. The number of aromatic nitrogens is 4. The second-order valence-electron chi connectivity index (χ2n) is 6.15. The van der Waals surface area contributed by atoms with E-state index in [1.165, 1.54) is 11.8 Å². The molecule has 3 heterocycles. The van der Waals surface area contributed by atoms with E-state index in [1.54, 1.807) is 4.57 Å². The van der Waals surface area contributed by atoms with Crippen LogP contribution in [0.1, 0.15) is 5.56 Å². The van der Waals surface area contributed by atoms with Gasteiger partial charge in [0, 0.05) is 24.2 Å². The number of ether oxygens (including phenoxy) is 1. The summed E-state index contributed by atoms with van der Waals surface area (Å²) in [6.07, 6.45) is 1.88. The number of hydrogen-bond donors (Lipinski definition) is 0. The summed E-state index contributed by atoms with van der Waals surface area (Å²) in [5, 5.41) is 10.00. The van der Waals surface area contributed by atoms with Crippen molar-refractivity contribution >= 4 is 40.2 Å². The molecule has 3 aromatic rings. The number of hydrogen-bond acceptors (Lipinski definition) is 7. The van der Waals surface area contributed by atoms with Crippen LogP contribution in [-0.2, 0) is 11.3 Å². The standard InChI is InChI=1S/C18H18ClN5O2S/c1-27-17-16-14(10-15(21-22-16)23-6-8-26-9-7-23)24(18(25)20-17)11-12-2-4-13(19)5-3-12/h2-5,10H,6-9,11H2,1H3. The van der Waals surface area contributed by atoms with E-state index in [0.29, 0.717) is 35.3 Å². The monoisotopic (exact) mass is 403 g/mol. The molecule has 1 aliphatic rings. The summed E-state index contributed by atoms with van der Waals surface area (Å²) < 4.78 is 7.04. The van der Waals surface area contributed by atoms with Crippen LogP contribution in [0.25, 0.3) is 11.0 Å². The van der Waals surface area contributed by atoms with E-state index in [9.17, 15) is 4.79 Å². The van der Waals surface area contributed by atoms with Crippen molar-refractivity contribution in [3.63, 3.8) is 0 Å². The van der Waals surface area contributed by atoms with Gasteiger partial charge in [0.1, 0.15) is 10.5 Å². The first kappa shape index (κ1) is 18.2. The van der Waals surface area contributed by atoms with Crippen LogP contribution in [-0.4, -0.2) is 52.3 Å². The molecule has 0 atom stereocenters. The summed E-state index contributed by atoms with van der Waals surface area (Å²) in [6.45, 7) is 3.21. The van der Waals surface area contributed by atoms with Crippen LogP contribution in [0.2, 0.25) is 5.02 Å². The van der Waals surface area contributed by atoms with E-state index < -0.39 is 0 Å². The molecule has 0 unspecified atom stereocenters. The molecule has 7 nitrogen and oxygen atoms in total. The lowest BCUT2D eigenvalue weighted by Crippen LogP contribution is -2.37. The third kappa shape index (κ3) is 3.78. The van der Waals surface area contributed by atoms with Gasteiger partial charge in [-0.15, -0.1) is 22.0 Å². The average molecular weight is 404 g/mol. The highest BCUT2D eigenvalue weighted by Gasteiger charge is 2.17. The molecule has 9 heteroatoms. The molecule has 0 amide bonds. The van der Waals surface area contributed by atoms with Gasteiger partial charge in [-0.3, -0.25) is 4.57 Å². The Hall–Kier alpha value is -2.16. The molecule has 1 aliphatic heterocycles. The van der Waals surface area contributed by atoms with E-state index in [0.717, 1.165) is 30.0 Å². The van der Waals surface area contributed by atoms with Crippen LogP contribution in [0.15, 0.2) is 40.2 Å². The van der Waals surface area contributed by atoms with Crippen molar-refractivity contribution in [2.24, 2.45) is 0 Å². The van der Waals surface area contributed by atoms with Gasteiger partial charge >= 0.3 is 5.69 Å². The Morgan fingerprint density at radius 2 is 1.93 bits per heavy atom. The molecule has 1 fully saturated rings. The molecule has 0 N–H and O–H groups in total. The van der Waals surface area contributed by atoms with E-state index in [2.05, 4.69) is 20.1 Å². The number of halogens is 1. The number of morpholine rings is 1. The SMILES string of the molecule is CSc1nc(=O)n(Cc2ccc(Cl)cc2)c2cc(N3CCOCC3)nnc12. The number of fused-ring (bicyclic) bond motifs is 1. The third-order valence-corrected chi connectivity index (χ3v) is 5.39. The predicted molar refractivity (Wildman–Crippen MR) is 107 cm³/mol. The van der Waals surface area contributed by atoms with Gasteiger partial charge in [0.15, 0.2) is 5.82 Å². The number of benzene rings is 1. The molecule has 4 rings (SSSR count). The molecule has 140 valence electrons. The first-order chi connectivity index (χ1) is 13.2. The molecule has 0 aliphatic carbocycles. The van der Waals surface area contributed by atoms with Crippen molar-refractivity contribution in [1.82, 2.24) is 19.7 Å². The number of nitrogens with zero attached hydrogens (tertiary/aromatic N) is 5. The summed E-state index contributed by atoms with van der Waals surface area (Å²) in [4.78, 5) is 19.0. The highest BCUT2D eigenvalue weighted by molar-refractivity contribution is 7.98. The molecule has 2 aromatic heterocycles. The van der Waals surface area contributed by atoms with Gasteiger partial charge in [0.25, 0.3) is 0 Å². The lowest BCUT2D eigenvalue weighted by molar-refractivity contribution is 0.122. The molecular formula is C18H18ClN5O2S. The first-order valence-corrected chi connectivity index (χ1v) is 10.2. The van der Waals surface area contributed by atoms with E-state index in [4.69, 9.17) is 16.3 Å². The second-order valence-corrected chi connectivity index (χ2v) is 7.38.